The van der Waals surface area contributed by atoms with Gasteiger partial charge in [-0.1, -0.05) is 0 Å². The molecule has 2 atom stereocenters. The van der Waals surface area contributed by atoms with Gasteiger partial charge in [0.25, 0.3) is 5.91 Å². The molecule has 0 unspecified atom stereocenters. The largest absolute Gasteiger partial charge is 0.573 e. The van der Waals surface area contributed by atoms with Crippen LogP contribution in [0.3, 0.4) is 0 Å². The lowest BCUT2D eigenvalue weighted by atomic mass is 10.1. The van der Waals surface area contributed by atoms with Gasteiger partial charge in [-0.3, -0.25) is 14.8 Å². The minimum absolute atomic E-state index is 0.132. The number of aromatic amines is 1. The van der Waals surface area contributed by atoms with Gasteiger partial charge in [0.2, 0.25) is 0 Å². The molecule has 128 valence electrons. The van der Waals surface area contributed by atoms with Crippen molar-refractivity contribution in [3.8, 4) is 5.75 Å². The fourth-order valence-electron chi connectivity index (χ4n) is 3.60. The van der Waals surface area contributed by atoms with E-state index in [0.29, 0.717) is 23.5 Å². The second-order valence-corrected chi connectivity index (χ2v) is 6.27. The summed E-state index contributed by atoms with van der Waals surface area (Å²) in [6.07, 6.45) is -3.85. The summed E-state index contributed by atoms with van der Waals surface area (Å²) in [5.74, 6) is -0.626. The number of carbonyl (C=O) groups excluding carboxylic acids is 1. The van der Waals surface area contributed by atoms with Crippen molar-refractivity contribution in [3.05, 3.63) is 23.9 Å². The van der Waals surface area contributed by atoms with E-state index in [-0.39, 0.29) is 23.4 Å². The molecule has 6 nitrogen and oxygen atoms in total. The summed E-state index contributed by atoms with van der Waals surface area (Å²) in [6.45, 7) is 1.42. The number of nitrogens with zero attached hydrogens (tertiary/aromatic N) is 3. The Balaban J connectivity index is 1.64. The number of alkyl halides is 3. The highest BCUT2D eigenvalue weighted by Gasteiger charge is 2.44. The highest BCUT2D eigenvalue weighted by atomic mass is 19.4. The van der Waals surface area contributed by atoms with Gasteiger partial charge in [0.1, 0.15) is 5.75 Å². The van der Waals surface area contributed by atoms with Gasteiger partial charge in [0.05, 0.1) is 5.52 Å². The van der Waals surface area contributed by atoms with Crippen LogP contribution in [0.15, 0.2) is 18.2 Å². The zero-order valence-corrected chi connectivity index (χ0v) is 12.8. The molecule has 2 bridgehead atoms. The molecule has 4 rings (SSSR count). The number of carbonyl (C=O) groups is 1. The Labute approximate surface area is 135 Å². The van der Waals surface area contributed by atoms with Gasteiger partial charge in [-0.25, -0.2) is 0 Å². The minimum Gasteiger partial charge on any atom is -0.406 e. The van der Waals surface area contributed by atoms with Gasteiger partial charge in [-0.15, -0.1) is 13.2 Å². The van der Waals surface area contributed by atoms with Crippen LogP contribution >= 0.6 is 0 Å². The van der Waals surface area contributed by atoms with Crippen LogP contribution in [-0.2, 0) is 0 Å². The number of amides is 1. The predicted octanol–water partition coefficient (Wildman–Crippen LogP) is 1.99. The average Bonchev–Trinajstić information content (AvgIpc) is 3.17. The fourth-order valence-corrected chi connectivity index (χ4v) is 3.60. The van der Waals surface area contributed by atoms with Crippen molar-refractivity contribution in [1.82, 2.24) is 20.0 Å². The topological polar surface area (TPSA) is 61.5 Å². The number of piperazine rings is 1. The molecular formula is C15H15F3N4O2. The Morgan fingerprint density at radius 3 is 2.75 bits per heavy atom. The number of hydrogen-bond acceptors (Lipinski definition) is 4. The third-order valence-corrected chi connectivity index (χ3v) is 4.75. The summed E-state index contributed by atoms with van der Waals surface area (Å²) in [5, 5.41) is 7.04. The van der Waals surface area contributed by atoms with Crippen LogP contribution in [0.5, 0.6) is 5.75 Å². The second kappa shape index (κ2) is 5.10. The number of ether oxygens (including phenoxy) is 1. The maximum absolute atomic E-state index is 12.8. The van der Waals surface area contributed by atoms with E-state index in [1.165, 1.54) is 18.2 Å². The van der Waals surface area contributed by atoms with Crippen molar-refractivity contribution >= 4 is 16.8 Å². The van der Waals surface area contributed by atoms with E-state index in [9.17, 15) is 18.0 Å². The van der Waals surface area contributed by atoms with Crippen LogP contribution in [-0.4, -0.2) is 64.5 Å². The van der Waals surface area contributed by atoms with Crippen molar-refractivity contribution in [3.63, 3.8) is 0 Å². The molecule has 3 heterocycles. The van der Waals surface area contributed by atoms with Crippen molar-refractivity contribution in [2.24, 2.45) is 0 Å². The number of fused-ring (bicyclic) bond motifs is 3. The first-order chi connectivity index (χ1) is 11.3. The van der Waals surface area contributed by atoms with Gasteiger partial charge < -0.3 is 9.64 Å². The first-order valence-electron chi connectivity index (χ1n) is 7.57. The summed E-state index contributed by atoms with van der Waals surface area (Å²) in [5.41, 5.74) is 0.627. The number of benzene rings is 1. The second-order valence-electron chi connectivity index (χ2n) is 6.27. The Bertz CT molecular complexity index is 802. The number of likely N-dealkylation sites (tertiary alicyclic amines) is 2. The molecule has 0 aliphatic carbocycles. The summed E-state index contributed by atoms with van der Waals surface area (Å²) >= 11 is 0. The maximum atomic E-state index is 12.8. The summed E-state index contributed by atoms with van der Waals surface area (Å²) in [7, 11) is 2.02. The van der Waals surface area contributed by atoms with E-state index in [4.69, 9.17) is 0 Å². The smallest absolute Gasteiger partial charge is 0.406 e. The van der Waals surface area contributed by atoms with E-state index in [2.05, 4.69) is 19.8 Å². The molecule has 1 amide bonds. The molecule has 1 aromatic heterocycles. The Morgan fingerprint density at radius 1 is 1.33 bits per heavy atom. The van der Waals surface area contributed by atoms with E-state index in [0.717, 1.165) is 13.0 Å². The molecule has 24 heavy (non-hydrogen) atoms. The third-order valence-electron chi connectivity index (χ3n) is 4.75. The molecule has 9 heteroatoms. The fraction of sp³-hybridized carbons (Fsp3) is 0.467. The Morgan fingerprint density at radius 2 is 2.12 bits per heavy atom. The maximum Gasteiger partial charge on any atom is 0.573 e. The van der Waals surface area contributed by atoms with Crippen LogP contribution in [0.25, 0.3) is 10.9 Å². The van der Waals surface area contributed by atoms with Crippen molar-refractivity contribution in [2.75, 3.05) is 20.1 Å². The molecular weight excluding hydrogens is 325 g/mol. The minimum atomic E-state index is -4.78. The van der Waals surface area contributed by atoms with Crippen LogP contribution in [0, 0.1) is 0 Å². The molecule has 0 spiro atoms. The average molecular weight is 340 g/mol. The van der Waals surface area contributed by atoms with Crippen molar-refractivity contribution in [1.29, 1.82) is 0 Å². The third kappa shape index (κ3) is 2.48. The highest BCUT2D eigenvalue weighted by Crippen LogP contribution is 2.32. The number of aromatic nitrogens is 2. The molecule has 0 radical (unpaired) electrons. The first kappa shape index (κ1) is 15.3. The number of nitrogens with one attached hydrogen (secondary N) is 1. The van der Waals surface area contributed by atoms with Crippen LogP contribution < -0.4 is 4.74 Å². The monoisotopic (exact) mass is 340 g/mol. The SMILES string of the molecule is CN1C[C@@H]2C[C@H]1CN2C(=O)c1n[nH]c2ccc(OC(F)(F)F)cc12. The number of halogens is 3. The zero-order valence-electron chi connectivity index (χ0n) is 12.8. The summed E-state index contributed by atoms with van der Waals surface area (Å²) < 4.78 is 41.1. The van der Waals surface area contributed by atoms with Crippen LogP contribution in [0.2, 0.25) is 0 Å². The highest BCUT2D eigenvalue weighted by molar-refractivity contribution is 6.05. The molecule has 1 N–H and O–H groups in total. The van der Waals surface area contributed by atoms with Gasteiger partial charge in [0, 0.05) is 30.6 Å². The number of hydrogen-bond donors (Lipinski definition) is 1. The van der Waals surface area contributed by atoms with Crippen LogP contribution in [0.4, 0.5) is 13.2 Å². The number of likely N-dealkylation sites (N-methyl/N-ethyl adjacent to an activating group) is 1. The van der Waals surface area contributed by atoms with Gasteiger partial charge in [-0.2, -0.15) is 5.10 Å². The molecule has 2 aliphatic rings. The number of rotatable bonds is 2. The molecule has 0 saturated carbocycles. The zero-order chi connectivity index (χ0) is 17.1. The predicted molar refractivity (Wildman–Crippen MR) is 78.6 cm³/mol. The standard InChI is InChI=1S/C15H15F3N4O2/c1-21-6-9-4-8(21)7-22(9)14(23)13-11-5-10(24-15(16,17)18)2-3-12(11)19-20-13/h2-3,5,8-9H,4,6-7H2,1H3,(H,19,20)/t8-,9-/m0/s1. The van der Waals surface area contributed by atoms with E-state index >= 15 is 0 Å². The van der Waals surface area contributed by atoms with Crippen LogP contribution in [0.1, 0.15) is 16.9 Å². The van der Waals surface area contributed by atoms with Gasteiger partial charge in [-0.05, 0) is 31.7 Å². The van der Waals surface area contributed by atoms with Crippen molar-refractivity contribution in [2.45, 2.75) is 24.9 Å². The molecule has 2 aromatic rings. The molecule has 2 aliphatic heterocycles. The number of H-pyrrole nitrogens is 1. The summed E-state index contributed by atoms with van der Waals surface area (Å²) in [6, 6.07) is 4.28. The lowest BCUT2D eigenvalue weighted by Gasteiger charge is -2.31. The van der Waals surface area contributed by atoms with E-state index in [1.807, 2.05) is 7.05 Å². The quantitative estimate of drug-likeness (QED) is 0.908. The molecule has 2 fully saturated rings. The lowest BCUT2D eigenvalue weighted by molar-refractivity contribution is -0.274. The lowest BCUT2D eigenvalue weighted by Crippen LogP contribution is -2.47. The molecule has 2 saturated heterocycles. The van der Waals surface area contributed by atoms with Gasteiger partial charge in [0.15, 0.2) is 5.69 Å². The van der Waals surface area contributed by atoms with Crippen molar-refractivity contribution < 1.29 is 22.7 Å². The first-order valence-corrected chi connectivity index (χ1v) is 7.57. The molecule has 1 aromatic carbocycles. The Kier molecular flexibility index (Phi) is 3.24. The Hall–Kier alpha value is -2.29. The van der Waals surface area contributed by atoms with E-state index < -0.39 is 6.36 Å². The van der Waals surface area contributed by atoms with E-state index in [1.54, 1.807) is 4.90 Å². The normalized spacial score (nSPS) is 24.1. The summed E-state index contributed by atoms with van der Waals surface area (Å²) in [4.78, 5) is 16.8. The van der Waals surface area contributed by atoms with Gasteiger partial charge >= 0.3 is 6.36 Å².